The van der Waals surface area contributed by atoms with Crippen molar-refractivity contribution < 1.29 is 0 Å². The Kier molecular flexibility index (Phi) is 2.90. The molecule has 0 saturated heterocycles. The summed E-state index contributed by atoms with van der Waals surface area (Å²) < 4.78 is 1.05. The van der Waals surface area contributed by atoms with Gasteiger partial charge in [0, 0.05) is 16.3 Å². The Morgan fingerprint density at radius 2 is 1.89 bits per heavy atom. The van der Waals surface area contributed by atoms with Gasteiger partial charge in [-0.05, 0) is 36.4 Å². The summed E-state index contributed by atoms with van der Waals surface area (Å²) in [7, 11) is 0. The number of rotatable bonds is 1. The number of anilines is 1. The van der Waals surface area contributed by atoms with Gasteiger partial charge >= 0.3 is 0 Å². The number of thiazole rings is 1. The summed E-state index contributed by atoms with van der Waals surface area (Å²) in [6.45, 7) is 0. The fraction of sp³-hybridized carbons (Fsp3) is 0. The standard InChI is InChI=1S/C13H8Cl2N2S/c14-7-1-3-9(10(15)5-7)13-17-11-4-2-8(16)6-12(11)18-13/h1-6H,16H2. The van der Waals surface area contributed by atoms with Crippen LogP contribution in [0.4, 0.5) is 5.69 Å². The van der Waals surface area contributed by atoms with Gasteiger partial charge in [0.25, 0.3) is 0 Å². The van der Waals surface area contributed by atoms with Gasteiger partial charge in [-0.1, -0.05) is 23.2 Å². The number of nitrogen functional groups attached to an aromatic ring is 1. The van der Waals surface area contributed by atoms with Crippen LogP contribution in [0.2, 0.25) is 10.0 Å². The van der Waals surface area contributed by atoms with Crippen LogP contribution in [0.1, 0.15) is 0 Å². The molecule has 3 aromatic rings. The van der Waals surface area contributed by atoms with E-state index in [0.717, 1.165) is 26.5 Å². The maximum atomic E-state index is 6.18. The van der Waals surface area contributed by atoms with E-state index in [1.807, 2.05) is 30.3 Å². The molecule has 0 fully saturated rings. The van der Waals surface area contributed by atoms with Crippen molar-refractivity contribution in [2.75, 3.05) is 5.73 Å². The van der Waals surface area contributed by atoms with Gasteiger partial charge in [-0.25, -0.2) is 4.98 Å². The summed E-state index contributed by atoms with van der Waals surface area (Å²) in [5.74, 6) is 0. The molecule has 2 aromatic carbocycles. The number of halogens is 2. The van der Waals surface area contributed by atoms with Gasteiger partial charge in [0.2, 0.25) is 0 Å². The Balaban J connectivity index is 2.19. The molecule has 0 aliphatic heterocycles. The van der Waals surface area contributed by atoms with E-state index in [0.29, 0.717) is 10.0 Å². The zero-order valence-electron chi connectivity index (χ0n) is 9.15. The lowest BCUT2D eigenvalue weighted by atomic mass is 10.2. The molecule has 0 aliphatic carbocycles. The molecule has 2 nitrogen and oxygen atoms in total. The molecule has 2 N–H and O–H groups in total. The highest BCUT2D eigenvalue weighted by atomic mass is 35.5. The molecule has 3 rings (SSSR count). The van der Waals surface area contributed by atoms with Crippen molar-refractivity contribution in [1.82, 2.24) is 4.98 Å². The van der Waals surface area contributed by atoms with Crippen molar-refractivity contribution in [3.63, 3.8) is 0 Å². The summed E-state index contributed by atoms with van der Waals surface area (Å²) in [6, 6.07) is 11.1. The van der Waals surface area contributed by atoms with Gasteiger partial charge in [0.1, 0.15) is 5.01 Å². The first-order valence-electron chi connectivity index (χ1n) is 5.25. The van der Waals surface area contributed by atoms with Crippen LogP contribution in [0.5, 0.6) is 0 Å². The second-order valence-electron chi connectivity index (χ2n) is 3.87. The average molecular weight is 295 g/mol. The van der Waals surface area contributed by atoms with E-state index in [1.165, 1.54) is 0 Å². The molecule has 1 heterocycles. The van der Waals surface area contributed by atoms with Gasteiger partial charge < -0.3 is 5.73 Å². The molecule has 5 heteroatoms. The predicted octanol–water partition coefficient (Wildman–Crippen LogP) is 4.85. The van der Waals surface area contributed by atoms with Crippen molar-refractivity contribution in [3.05, 3.63) is 46.4 Å². The fourth-order valence-corrected chi connectivity index (χ4v) is 3.33. The third-order valence-electron chi connectivity index (χ3n) is 2.57. The van der Waals surface area contributed by atoms with Crippen molar-refractivity contribution in [1.29, 1.82) is 0 Å². The molecule has 1 aromatic heterocycles. The van der Waals surface area contributed by atoms with Crippen molar-refractivity contribution in [2.45, 2.75) is 0 Å². The second-order valence-corrected chi connectivity index (χ2v) is 5.74. The molecule has 90 valence electrons. The SMILES string of the molecule is Nc1ccc2nc(-c3ccc(Cl)cc3Cl)sc2c1. The van der Waals surface area contributed by atoms with Crippen LogP contribution in [0, 0.1) is 0 Å². The van der Waals surface area contributed by atoms with Gasteiger partial charge in [0.15, 0.2) is 0 Å². The number of nitrogens with zero attached hydrogens (tertiary/aromatic N) is 1. The molecular weight excluding hydrogens is 287 g/mol. The van der Waals surface area contributed by atoms with E-state index >= 15 is 0 Å². The maximum absolute atomic E-state index is 6.18. The molecule has 0 aliphatic rings. The van der Waals surface area contributed by atoms with Crippen molar-refractivity contribution in [3.8, 4) is 10.6 Å². The first kappa shape index (κ1) is 11.8. The lowest BCUT2D eigenvalue weighted by molar-refractivity contribution is 1.48. The summed E-state index contributed by atoms with van der Waals surface area (Å²) in [5, 5.41) is 2.10. The smallest absolute Gasteiger partial charge is 0.126 e. The van der Waals surface area contributed by atoms with Crippen molar-refractivity contribution >= 4 is 50.4 Å². The highest BCUT2D eigenvalue weighted by Gasteiger charge is 2.10. The largest absolute Gasteiger partial charge is 0.399 e. The van der Waals surface area contributed by atoms with Crippen LogP contribution >= 0.6 is 34.5 Å². The minimum atomic E-state index is 0.606. The number of nitrogens with two attached hydrogens (primary N) is 1. The van der Waals surface area contributed by atoms with E-state index in [4.69, 9.17) is 28.9 Å². The predicted molar refractivity (Wildman–Crippen MR) is 79.5 cm³/mol. The first-order valence-corrected chi connectivity index (χ1v) is 6.82. The van der Waals surface area contributed by atoms with Crippen LogP contribution in [0.25, 0.3) is 20.8 Å². The Morgan fingerprint density at radius 1 is 1.06 bits per heavy atom. The van der Waals surface area contributed by atoms with Crippen LogP contribution in [-0.2, 0) is 0 Å². The number of aromatic nitrogens is 1. The molecule has 0 bridgehead atoms. The van der Waals surface area contributed by atoms with Gasteiger partial charge in [-0.15, -0.1) is 11.3 Å². The lowest BCUT2D eigenvalue weighted by Gasteiger charge is -1.99. The Morgan fingerprint density at radius 3 is 2.67 bits per heavy atom. The van der Waals surface area contributed by atoms with E-state index in [2.05, 4.69) is 4.98 Å². The topological polar surface area (TPSA) is 38.9 Å². The molecule has 18 heavy (non-hydrogen) atoms. The minimum Gasteiger partial charge on any atom is -0.399 e. The van der Waals surface area contributed by atoms with Crippen LogP contribution in [0.3, 0.4) is 0 Å². The Labute approximate surface area is 118 Å². The molecule has 0 radical (unpaired) electrons. The Bertz CT molecular complexity index is 737. The van der Waals surface area contributed by atoms with Gasteiger partial charge in [0.05, 0.1) is 15.2 Å². The maximum Gasteiger partial charge on any atom is 0.126 e. The summed E-state index contributed by atoms with van der Waals surface area (Å²) in [4.78, 5) is 4.55. The zero-order chi connectivity index (χ0) is 12.7. The average Bonchev–Trinajstić information content (AvgIpc) is 2.71. The Hall–Kier alpha value is -1.29. The van der Waals surface area contributed by atoms with Gasteiger partial charge in [-0.2, -0.15) is 0 Å². The molecule has 0 atom stereocenters. The van der Waals surface area contributed by atoms with Crippen LogP contribution in [-0.4, -0.2) is 4.98 Å². The normalized spacial score (nSPS) is 11.0. The minimum absolute atomic E-state index is 0.606. The third-order valence-corrected chi connectivity index (χ3v) is 4.17. The lowest BCUT2D eigenvalue weighted by Crippen LogP contribution is -1.81. The second kappa shape index (κ2) is 4.43. The van der Waals surface area contributed by atoms with E-state index in [9.17, 15) is 0 Å². The third kappa shape index (κ3) is 2.05. The van der Waals surface area contributed by atoms with Crippen LogP contribution in [0.15, 0.2) is 36.4 Å². The molecule has 0 amide bonds. The molecule has 0 spiro atoms. The number of fused-ring (bicyclic) bond motifs is 1. The van der Waals surface area contributed by atoms with Crippen LogP contribution < -0.4 is 5.73 Å². The summed E-state index contributed by atoms with van der Waals surface area (Å²) in [6.07, 6.45) is 0. The van der Waals surface area contributed by atoms with E-state index < -0.39 is 0 Å². The fourth-order valence-electron chi connectivity index (χ4n) is 1.72. The number of benzene rings is 2. The number of hydrogen-bond donors (Lipinski definition) is 1. The number of hydrogen-bond acceptors (Lipinski definition) is 3. The monoisotopic (exact) mass is 294 g/mol. The molecule has 0 unspecified atom stereocenters. The summed E-state index contributed by atoms with van der Waals surface area (Å²) in [5.41, 5.74) is 8.31. The summed E-state index contributed by atoms with van der Waals surface area (Å²) >= 11 is 13.6. The highest BCUT2D eigenvalue weighted by molar-refractivity contribution is 7.21. The first-order chi connectivity index (χ1) is 8.63. The molecular formula is C13H8Cl2N2S. The van der Waals surface area contributed by atoms with E-state index in [1.54, 1.807) is 17.4 Å². The van der Waals surface area contributed by atoms with Gasteiger partial charge in [-0.3, -0.25) is 0 Å². The quantitative estimate of drug-likeness (QED) is 0.652. The van der Waals surface area contributed by atoms with E-state index in [-0.39, 0.29) is 0 Å². The highest BCUT2D eigenvalue weighted by Crippen LogP contribution is 2.36. The van der Waals surface area contributed by atoms with Crippen molar-refractivity contribution in [2.24, 2.45) is 0 Å². The molecule has 0 saturated carbocycles. The zero-order valence-corrected chi connectivity index (χ0v) is 11.5.